The summed E-state index contributed by atoms with van der Waals surface area (Å²) in [5.41, 5.74) is 3.67. The van der Waals surface area contributed by atoms with Crippen LogP contribution in [-0.2, 0) is 9.31 Å². The van der Waals surface area contributed by atoms with Gasteiger partial charge in [-0.2, -0.15) is 0 Å². The summed E-state index contributed by atoms with van der Waals surface area (Å²) >= 11 is 1.84. The third-order valence-electron chi connectivity index (χ3n) is 7.31. The monoisotopic (exact) mass is 477 g/mol. The number of rotatable bonds is 4. The predicted molar refractivity (Wildman–Crippen MR) is 150 cm³/mol. The number of para-hydroxylation sites is 1. The molecule has 0 radical (unpaired) electrons. The van der Waals surface area contributed by atoms with Crippen molar-refractivity contribution in [2.75, 3.05) is 4.90 Å². The highest BCUT2D eigenvalue weighted by molar-refractivity contribution is 7.25. The van der Waals surface area contributed by atoms with E-state index in [1.54, 1.807) is 0 Å². The molecule has 1 aliphatic heterocycles. The van der Waals surface area contributed by atoms with Gasteiger partial charge < -0.3 is 14.2 Å². The van der Waals surface area contributed by atoms with Crippen molar-refractivity contribution in [3.05, 3.63) is 97.1 Å². The van der Waals surface area contributed by atoms with Gasteiger partial charge in [0.2, 0.25) is 0 Å². The van der Waals surface area contributed by atoms with Crippen LogP contribution in [0, 0.1) is 0 Å². The minimum Gasteiger partial charge on any atom is -0.399 e. The molecule has 1 fully saturated rings. The first-order valence-electron chi connectivity index (χ1n) is 12.0. The van der Waals surface area contributed by atoms with E-state index in [2.05, 4.69) is 130 Å². The molecule has 0 unspecified atom stereocenters. The zero-order valence-electron chi connectivity index (χ0n) is 20.5. The van der Waals surface area contributed by atoms with Crippen LogP contribution in [0.3, 0.4) is 0 Å². The SMILES string of the molecule is CC1(C)OB(c2ccc(N(c3ccccc3)c3ccc4c(c3)sc3ccccc34)cc2)OC1(C)C. The second kappa shape index (κ2) is 8.23. The molecule has 0 aliphatic carbocycles. The Morgan fingerprint density at radius 2 is 1.17 bits per heavy atom. The highest BCUT2D eigenvalue weighted by atomic mass is 32.1. The molecular weight excluding hydrogens is 449 g/mol. The summed E-state index contributed by atoms with van der Waals surface area (Å²) < 4.78 is 15.1. The van der Waals surface area contributed by atoms with Gasteiger partial charge in [-0.3, -0.25) is 0 Å². The Morgan fingerprint density at radius 3 is 1.89 bits per heavy atom. The predicted octanol–water partition coefficient (Wildman–Crippen LogP) is 7.82. The van der Waals surface area contributed by atoms with Crippen LogP contribution in [0.1, 0.15) is 27.7 Å². The first-order chi connectivity index (χ1) is 16.8. The molecule has 1 aliphatic rings. The minimum absolute atomic E-state index is 0.355. The van der Waals surface area contributed by atoms with Crippen molar-refractivity contribution in [3.8, 4) is 0 Å². The lowest BCUT2D eigenvalue weighted by atomic mass is 9.79. The smallest absolute Gasteiger partial charge is 0.399 e. The van der Waals surface area contributed by atoms with E-state index in [-0.39, 0.29) is 18.3 Å². The van der Waals surface area contributed by atoms with Gasteiger partial charge in [0.15, 0.2) is 0 Å². The van der Waals surface area contributed by atoms with E-state index in [0.717, 1.165) is 22.5 Å². The van der Waals surface area contributed by atoms with Crippen LogP contribution in [0.5, 0.6) is 0 Å². The van der Waals surface area contributed by atoms with Gasteiger partial charge in [0.1, 0.15) is 0 Å². The Labute approximate surface area is 211 Å². The summed E-state index contributed by atoms with van der Waals surface area (Å²) in [6.45, 7) is 8.34. The van der Waals surface area contributed by atoms with Gasteiger partial charge in [-0.15, -0.1) is 11.3 Å². The van der Waals surface area contributed by atoms with Crippen molar-refractivity contribution >= 4 is 61.2 Å². The zero-order valence-corrected chi connectivity index (χ0v) is 21.3. The van der Waals surface area contributed by atoms with Gasteiger partial charge in [0.05, 0.1) is 11.2 Å². The molecule has 5 aromatic rings. The molecular formula is C30H28BNO2S. The Balaban J connectivity index is 1.40. The fourth-order valence-corrected chi connectivity index (χ4v) is 5.78. The number of anilines is 3. The number of hydrogen-bond donors (Lipinski definition) is 0. The van der Waals surface area contributed by atoms with Crippen molar-refractivity contribution < 1.29 is 9.31 Å². The molecule has 0 spiro atoms. The average Bonchev–Trinajstić information content (AvgIpc) is 3.33. The summed E-state index contributed by atoms with van der Waals surface area (Å²) in [5.74, 6) is 0. The van der Waals surface area contributed by atoms with E-state index in [9.17, 15) is 0 Å². The molecule has 6 rings (SSSR count). The highest BCUT2D eigenvalue weighted by Crippen LogP contribution is 2.40. The Morgan fingerprint density at radius 1 is 0.600 bits per heavy atom. The van der Waals surface area contributed by atoms with Gasteiger partial charge >= 0.3 is 7.12 Å². The molecule has 174 valence electrons. The molecule has 2 heterocycles. The van der Waals surface area contributed by atoms with Crippen molar-refractivity contribution in [1.29, 1.82) is 0 Å². The molecule has 5 heteroatoms. The second-order valence-corrected chi connectivity index (χ2v) is 11.2. The normalized spacial score (nSPS) is 16.7. The molecule has 35 heavy (non-hydrogen) atoms. The topological polar surface area (TPSA) is 21.7 Å². The number of thiophene rings is 1. The van der Waals surface area contributed by atoms with Crippen LogP contribution in [0.25, 0.3) is 20.2 Å². The van der Waals surface area contributed by atoms with E-state index >= 15 is 0 Å². The van der Waals surface area contributed by atoms with Gasteiger partial charge in [-0.05, 0) is 75.6 Å². The summed E-state index contributed by atoms with van der Waals surface area (Å²) in [5, 5.41) is 2.62. The summed E-state index contributed by atoms with van der Waals surface area (Å²) in [7, 11) is -0.367. The number of nitrogens with zero attached hydrogens (tertiary/aromatic N) is 1. The maximum absolute atomic E-state index is 6.26. The molecule has 0 amide bonds. The fourth-order valence-electron chi connectivity index (χ4n) is 4.64. The minimum atomic E-state index is -0.367. The summed E-state index contributed by atoms with van der Waals surface area (Å²) in [6, 6.07) is 34.5. The molecule has 0 saturated carbocycles. The lowest BCUT2D eigenvalue weighted by Crippen LogP contribution is -2.41. The zero-order chi connectivity index (χ0) is 24.2. The van der Waals surface area contributed by atoms with Crippen LogP contribution in [0.4, 0.5) is 17.1 Å². The number of benzene rings is 4. The summed E-state index contributed by atoms with van der Waals surface area (Å²) in [4.78, 5) is 2.30. The van der Waals surface area contributed by atoms with E-state index in [0.29, 0.717) is 0 Å². The van der Waals surface area contributed by atoms with Crippen LogP contribution < -0.4 is 10.4 Å². The average molecular weight is 477 g/mol. The highest BCUT2D eigenvalue weighted by Gasteiger charge is 2.51. The van der Waals surface area contributed by atoms with Crippen molar-refractivity contribution in [3.63, 3.8) is 0 Å². The van der Waals surface area contributed by atoms with Crippen LogP contribution in [0.15, 0.2) is 97.1 Å². The number of hydrogen-bond acceptors (Lipinski definition) is 4. The van der Waals surface area contributed by atoms with Crippen LogP contribution in [-0.4, -0.2) is 18.3 Å². The Hall–Kier alpha value is -3.12. The quantitative estimate of drug-likeness (QED) is 0.246. The summed E-state index contributed by atoms with van der Waals surface area (Å²) in [6.07, 6.45) is 0. The lowest BCUT2D eigenvalue weighted by molar-refractivity contribution is 0.00578. The molecule has 0 N–H and O–H groups in total. The molecule has 1 saturated heterocycles. The second-order valence-electron chi connectivity index (χ2n) is 10.1. The Kier molecular flexibility index (Phi) is 5.26. The maximum Gasteiger partial charge on any atom is 0.494 e. The lowest BCUT2D eigenvalue weighted by Gasteiger charge is -2.32. The van der Waals surface area contributed by atoms with Crippen molar-refractivity contribution in [2.45, 2.75) is 38.9 Å². The first-order valence-corrected chi connectivity index (χ1v) is 12.9. The van der Waals surface area contributed by atoms with Gasteiger partial charge in [-0.1, -0.05) is 54.6 Å². The standard InChI is InChI=1S/C30H28BNO2S/c1-29(2)30(3,4)34-31(33-29)21-14-16-23(17-15-21)32(22-10-6-5-7-11-22)24-18-19-26-25-12-8-9-13-27(25)35-28(26)20-24/h5-20H,1-4H3. The van der Waals surface area contributed by atoms with Crippen LogP contribution in [0.2, 0.25) is 0 Å². The van der Waals surface area contributed by atoms with Gasteiger partial charge in [-0.25, -0.2) is 0 Å². The van der Waals surface area contributed by atoms with Gasteiger partial charge in [0.25, 0.3) is 0 Å². The van der Waals surface area contributed by atoms with E-state index in [1.807, 2.05) is 11.3 Å². The molecule has 0 bridgehead atoms. The largest absolute Gasteiger partial charge is 0.494 e. The first kappa shape index (κ1) is 22.4. The molecule has 1 aromatic heterocycles. The third kappa shape index (κ3) is 3.84. The van der Waals surface area contributed by atoms with Crippen LogP contribution >= 0.6 is 11.3 Å². The maximum atomic E-state index is 6.26. The number of fused-ring (bicyclic) bond motifs is 3. The molecule has 4 aromatic carbocycles. The van der Waals surface area contributed by atoms with E-state index in [4.69, 9.17) is 9.31 Å². The van der Waals surface area contributed by atoms with Crippen molar-refractivity contribution in [1.82, 2.24) is 0 Å². The third-order valence-corrected chi connectivity index (χ3v) is 8.45. The van der Waals surface area contributed by atoms with E-state index < -0.39 is 0 Å². The van der Waals surface area contributed by atoms with Gasteiger partial charge in [0, 0.05) is 37.2 Å². The Bertz CT molecular complexity index is 1490. The molecule has 0 atom stereocenters. The molecule has 3 nitrogen and oxygen atoms in total. The van der Waals surface area contributed by atoms with Crippen molar-refractivity contribution in [2.24, 2.45) is 0 Å². The van der Waals surface area contributed by atoms with E-state index in [1.165, 1.54) is 20.2 Å². The fraction of sp³-hybridized carbons (Fsp3) is 0.200.